The van der Waals surface area contributed by atoms with Gasteiger partial charge in [-0.1, -0.05) is 17.7 Å². The molecule has 4 nitrogen and oxygen atoms in total. The summed E-state index contributed by atoms with van der Waals surface area (Å²) in [7, 11) is 0. The van der Waals surface area contributed by atoms with E-state index in [4.69, 9.17) is 17.3 Å². The number of benzene rings is 2. The van der Waals surface area contributed by atoms with Crippen molar-refractivity contribution in [2.24, 2.45) is 0 Å². The highest BCUT2D eigenvalue weighted by atomic mass is 35.5. The number of hydrogen-bond donors (Lipinski definition) is 1. The third-order valence-corrected chi connectivity index (χ3v) is 3.33. The van der Waals surface area contributed by atoms with Gasteiger partial charge in [-0.25, -0.2) is 9.29 Å². The first-order chi connectivity index (χ1) is 9.50. The highest BCUT2D eigenvalue weighted by Gasteiger charge is 2.39. The summed E-state index contributed by atoms with van der Waals surface area (Å²) >= 11 is 5.79. The molecule has 3 rings (SSSR count). The van der Waals surface area contributed by atoms with Crippen molar-refractivity contribution in [1.29, 1.82) is 0 Å². The van der Waals surface area contributed by atoms with Gasteiger partial charge in [0.1, 0.15) is 5.82 Å². The molecule has 0 aromatic heterocycles. The molecule has 1 aliphatic heterocycles. The summed E-state index contributed by atoms with van der Waals surface area (Å²) in [5.41, 5.74) is 5.98. The second-order valence-corrected chi connectivity index (χ2v) is 4.75. The van der Waals surface area contributed by atoms with Crippen LogP contribution in [0.4, 0.5) is 15.8 Å². The van der Waals surface area contributed by atoms with E-state index in [9.17, 15) is 14.0 Å². The van der Waals surface area contributed by atoms with Crippen LogP contribution < -0.4 is 10.6 Å². The molecule has 100 valence electrons. The molecule has 0 saturated heterocycles. The first-order valence-electron chi connectivity index (χ1n) is 5.73. The van der Waals surface area contributed by atoms with Crippen LogP contribution in [-0.4, -0.2) is 11.8 Å². The van der Waals surface area contributed by atoms with Crippen LogP contribution >= 0.6 is 11.6 Å². The Labute approximate surface area is 118 Å². The molecule has 2 aromatic rings. The van der Waals surface area contributed by atoms with E-state index in [1.54, 1.807) is 6.07 Å². The zero-order chi connectivity index (χ0) is 14.4. The Hall–Kier alpha value is -2.40. The van der Waals surface area contributed by atoms with Gasteiger partial charge in [-0.2, -0.15) is 0 Å². The summed E-state index contributed by atoms with van der Waals surface area (Å²) in [5.74, 6) is -1.97. The fourth-order valence-corrected chi connectivity index (χ4v) is 2.35. The van der Waals surface area contributed by atoms with Gasteiger partial charge in [0, 0.05) is 10.7 Å². The van der Waals surface area contributed by atoms with Gasteiger partial charge < -0.3 is 5.73 Å². The van der Waals surface area contributed by atoms with Gasteiger partial charge in [0.2, 0.25) is 0 Å². The van der Waals surface area contributed by atoms with Crippen molar-refractivity contribution < 1.29 is 14.0 Å². The maximum atomic E-state index is 13.9. The molecule has 2 aromatic carbocycles. The number of halogens is 2. The van der Waals surface area contributed by atoms with Crippen molar-refractivity contribution in [3.8, 4) is 0 Å². The Bertz CT molecular complexity index is 761. The number of carbonyl (C=O) groups is 2. The quantitative estimate of drug-likeness (QED) is 0.649. The van der Waals surface area contributed by atoms with E-state index >= 15 is 0 Å². The Morgan fingerprint density at radius 2 is 1.85 bits per heavy atom. The third-order valence-electron chi connectivity index (χ3n) is 3.10. The van der Waals surface area contributed by atoms with Crippen molar-refractivity contribution in [3.05, 3.63) is 58.4 Å². The number of hydrogen-bond acceptors (Lipinski definition) is 3. The maximum absolute atomic E-state index is 13.9. The molecule has 0 fully saturated rings. The van der Waals surface area contributed by atoms with Crippen LogP contribution in [0.3, 0.4) is 0 Å². The molecule has 20 heavy (non-hydrogen) atoms. The Kier molecular flexibility index (Phi) is 2.72. The summed E-state index contributed by atoms with van der Waals surface area (Å²) in [4.78, 5) is 25.3. The lowest BCUT2D eigenvalue weighted by molar-refractivity contribution is 0.0925. The maximum Gasteiger partial charge on any atom is 0.268 e. The minimum Gasteiger partial charge on any atom is -0.398 e. The molecule has 1 heterocycles. The second kappa shape index (κ2) is 4.31. The summed E-state index contributed by atoms with van der Waals surface area (Å²) in [6.07, 6.45) is 0. The Morgan fingerprint density at radius 3 is 2.55 bits per heavy atom. The zero-order valence-corrected chi connectivity index (χ0v) is 10.8. The molecular formula is C14H8ClFN2O2. The van der Waals surface area contributed by atoms with Crippen LogP contribution in [0.2, 0.25) is 5.02 Å². The highest BCUT2D eigenvalue weighted by molar-refractivity contribution is 6.36. The summed E-state index contributed by atoms with van der Waals surface area (Å²) in [6.45, 7) is 0. The number of nitrogen functional groups attached to an aromatic ring is 1. The van der Waals surface area contributed by atoms with Gasteiger partial charge in [0.25, 0.3) is 11.8 Å². The molecule has 2 N–H and O–H groups in total. The first-order valence-corrected chi connectivity index (χ1v) is 6.11. The summed E-state index contributed by atoms with van der Waals surface area (Å²) in [6, 6.07) is 8.24. The average Bonchev–Trinajstić information content (AvgIpc) is 2.66. The van der Waals surface area contributed by atoms with E-state index in [-0.39, 0.29) is 27.5 Å². The van der Waals surface area contributed by atoms with Crippen molar-refractivity contribution >= 4 is 34.8 Å². The number of rotatable bonds is 1. The molecule has 6 heteroatoms. The van der Waals surface area contributed by atoms with Gasteiger partial charge in [-0.3, -0.25) is 9.59 Å². The number of carbonyl (C=O) groups excluding carboxylic acids is 2. The number of nitrogens with zero attached hydrogens (tertiary/aromatic N) is 1. The molecule has 0 spiro atoms. The molecule has 0 aliphatic carbocycles. The molecule has 0 atom stereocenters. The lowest BCUT2D eigenvalue weighted by Gasteiger charge is -2.15. The van der Waals surface area contributed by atoms with E-state index in [1.165, 1.54) is 24.3 Å². The van der Waals surface area contributed by atoms with Crippen molar-refractivity contribution in [1.82, 2.24) is 0 Å². The van der Waals surface area contributed by atoms with E-state index in [1.807, 2.05) is 0 Å². The Balaban J connectivity index is 2.19. The molecule has 0 bridgehead atoms. The van der Waals surface area contributed by atoms with E-state index in [2.05, 4.69) is 0 Å². The van der Waals surface area contributed by atoms with Gasteiger partial charge in [-0.15, -0.1) is 0 Å². The van der Waals surface area contributed by atoms with Crippen LogP contribution in [-0.2, 0) is 0 Å². The topological polar surface area (TPSA) is 63.4 Å². The van der Waals surface area contributed by atoms with Crippen LogP contribution in [0.25, 0.3) is 0 Å². The van der Waals surface area contributed by atoms with Gasteiger partial charge in [-0.05, 0) is 30.3 Å². The standard InChI is InChI=1S/C14H8ClFN2O2/c15-7-4-5-9(16)11(6-7)18-13(19)8-2-1-3-10(17)12(8)14(18)20/h1-6H,17H2. The highest BCUT2D eigenvalue weighted by Crippen LogP contribution is 2.33. The van der Waals surface area contributed by atoms with Crippen LogP contribution in [0.1, 0.15) is 20.7 Å². The number of imide groups is 1. The van der Waals surface area contributed by atoms with E-state index < -0.39 is 17.6 Å². The van der Waals surface area contributed by atoms with Crippen molar-refractivity contribution in [2.45, 2.75) is 0 Å². The molecule has 0 saturated carbocycles. The van der Waals surface area contributed by atoms with E-state index in [0.29, 0.717) is 0 Å². The lowest BCUT2D eigenvalue weighted by Crippen LogP contribution is -2.30. The van der Waals surface area contributed by atoms with Crippen LogP contribution in [0.15, 0.2) is 36.4 Å². The van der Waals surface area contributed by atoms with Gasteiger partial charge in [0.05, 0.1) is 16.8 Å². The molecule has 2 amide bonds. The Morgan fingerprint density at radius 1 is 1.10 bits per heavy atom. The van der Waals surface area contributed by atoms with Crippen LogP contribution in [0.5, 0.6) is 0 Å². The predicted octanol–water partition coefficient (Wildman–Crippen LogP) is 2.86. The normalized spacial score (nSPS) is 13.8. The van der Waals surface area contributed by atoms with Crippen molar-refractivity contribution in [2.75, 3.05) is 10.6 Å². The fraction of sp³-hybridized carbons (Fsp3) is 0. The minimum atomic E-state index is -0.706. The summed E-state index contributed by atoms with van der Waals surface area (Å²) in [5, 5.41) is 0.228. The second-order valence-electron chi connectivity index (χ2n) is 4.31. The van der Waals surface area contributed by atoms with Gasteiger partial charge in [0.15, 0.2) is 0 Å². The monoisotopic (exact) mass is 290 g/mol. The largest absolute Gasteiger partial charge is 0.398 e. The molecule has 1 aliphatic rings. The average molecular weight is 291 g/mol. The van der Waals surface area contributed by atoms with Crippen LogP contribution in [0, 0.1) is 5.82 Å². The number of nitrogens with two attached hydrogens (primary N) is 1. The zero-order valence-electron chi connectivity index (χ0n) is 10.1. The third kappa shape index (κ3) is 1.67. The number of amides is 2. The smallest absolute Gasteiger partial charge is 0.268 e. The molecular weight excluding hydrogens is 283 g/mol. The fourth-order valence-electron chi connectivity index (χ4n) is 2.19. The first kappa shape index (κ1) is 12.6. The predicted molar refractivity (Wildman–Crippen MR) is 73.4 cm³/mol. The lowest BCUT2D eigenvalue weighted by atomic mass is 10.1. The SMILES string of the molecule is Nc1cccc2c1C(=O)N(c1cc(Cl)ccc1F)C2=O. The van der Waals surface area contributed by atoms with E-state index in [0.717, 1.165) is 11.0 Å². The van der Waals surface area contributed by atoms with Crippen molar-refractivity contribution in [3.63, 3.8) is 0 Å². The van der Waals surface area contributed by atoms with Gasteiger partial charge >= 0.3 is 0 Å². The number of fused-ring (bicyclic) bond motifs is 1. The minimum absolute atomic E-state index is 0.0943. The molecule has 0 radical (unpaired) electrons. The number of anilines is 2. The summed E-state index contributed by atoms with van der Waals surface area (Å²) < 4.78 is 13.9. The molecule has 0 unspecified atom stereocenters.